The summed E-state index contributed by atoms with van der Waals surface area (Å²) in [6, 6.07) is 9.81. The lowest BCUT2D eigenvalue weighted by atomic mass is 10.1. The van der Waals surface area contributed by atoms with Crippen molar-refractivity contribution in [2.24, 2.45) is 0 Å². The first-order valence-corrected chi connectivity index (χ1v) is 6.81. The number of nitro benzene ring substituents is 1. The number of aryl methyl sites for hydroxylation is 2. The van der Waals surface area contributed by atoms with Crippen molar-refractivity contribution in [3.8, 4) is 5.75 Å². The zero-order chi connectivity index (χ0) is 14.8. The highest BCUT2D eigenvalue weighted by molar-refractivity contribution is 5.38. The normalized spacial score (nSPS) is 13.0. The molecule has 0 saturated heterocycles. The molecular formula is C16H14FNO3. The van der Waals surface area contributed by atoms with Gasteiger partial charge in [0, 0.05) is 12.1 Å². The maximum atomic E-state index is 13.5. The van der Waals surface area contributed by atoms with Gasteiger partial charge >= 0.3 is 5.69 Å². The molecule has 0 bridgehead atoms. The third-order valence-corrected chi connectivity index (χ3v) is 3.68. The Hall–Kier alpha value is -2.43. The van der Waals surface area contributed by atoms with Crippen LogP contribution in [0.25, 0.3) is 0 Å². The Bertz CT molecular complexity index is 700. The van der Waals surface area contributed by atoms with E-state index in [9.17, 15) is 14.5 Å². The standard InChI is InChI=1S/C16H14FNO3/c17-15-9-14(6-7-16(15)18(19)20)21-10-11-4-5-12-2-1-3-13(12)8-11/h4-9H,1-3,10H2. The molecule has 21 heavy (non-hydrogen) atoms. The summed E-state index contributed by atoms with van der Waals surface area (Å²) in [4.78, 5) is 9.80. The van der Waals surface area contributed by atoms with Crippen LogP contribution in [0.3, 0.4) is 0 Å². The van der Waals surface area contributed by atoms with Crippen molar-refractivity contribution in [1.29, 1.82) is 0 Å². The van der Waals surface area contributed by atoms with E-state index >= 15 is 0 Å². The van der Waals surface area contributed by atoms with E-state index in [-0.39, 0.29) is 0 Å². The minimum atomic E-state index is -0.883. The topological polar surface area (TPSA) is 52.4 Å². The Morgan fingerprint density at radius 2 is 1.95 bits per heavy atom. The Morgan fingerprint density at radius 1 is 1.14 bits per heavy atom. The van der Waals surface area contributed by atoms with Crippen molar-refractivity contribution >= 4 is 5.69 Å². The van der Waals surface area contributed by atoms with Crippen LogP contribution in [0.1, 0.15) is 23.1 Å². The van der Waals surface area contributed by atoms with Crippen LogP contribution in [-0.4, -0.2) is 4.92 Å². The number of ether oxygens (including phenoxy) is 1. The van der Waals surface area contributed by atoms with Gasteiger partial charge in [-0.15, -0.1) is 0 Å². The summed E-state index contributed by atoms with van der Waals surface area (Å²) in [5.74, 6) is -0.593. The van der Waals surface area contributed by atoms with Crippen LogP contribution < -0.4 is 4.74 Å². The SMILES string of the molecule is O=[N+]([O-])c1ccc(OCc2ccc3c(c2)CCC3)cc1F. The van der Waals surface area contributed by atoms with E-state index in [1.165, 1.54) is 23.6 Å². The summed E-state index contributed by atoms with van der Waals surface area (Å²) in [6.07, 6.45) is 3.41. The number of benzene rings is 2. The van der Waals surface area contributed by atoms with Crippen molar-refractivity contribution < 1.29 is 14.1 Å². The van der Waals surface area contributed by atoms with Gasteiger partial charge < -0.3 is 4.74 Å². The van der Waals surface area contributed by atoms with E-state index < -0.39 is 16.4 Å². The Balaban J connectivity index is 1.70. The molecule has 5 heteroatoms. The van der Waals surface area contributed by atoms with Gasteiger partial charge in [0.1, 0.15) is 12.4 Å². The summed E-state index contributed by atoms with van der Waals surface area (Å²) in [5.41, 5.74) is 3.22. The first-order chi connectivity index (χ1) is 10.1. The van der Waals surface area contributed by atoms with Crippen LogP contribution >= 0.6 is 0 Å². The van der Waals surface area contributed by atoms with Gasteiger partial charge in [-0.05, 0) is 42.0 Å². The van der Waals surface area contributed by atoms with Gasteiger partial charge in [0.2, 0.25) is 5.82 Å². The molecule has 0 N–H and O–H groups in total. The second kappa shape index (κ2) is 5.52. The molecule has 0 unspecified atom stereocenters. The zero-order valence-electron chi connectivity index (χ0n) is 11.3. The van der Waals surface area contributed by atoms with Gasteiger partial charge in [-0.3, -0.25) is 10.1 Å². The molecule has 0 fully saturated rings. The first kappa shape index (κ1) is 13.5. The molecule has 0 spiro atoms. The summed E-state index contributed by atoms with van der Waals surface area (Å²) >= 11 is 0. The smallest absolute Gasteiger partial charge is 0.305 e. The van der Waals surface area contributed by atoms with Crippen molar-refractivity contribution in [2.75, 3.05) is 0 Å². The average molecular weight is 287 g/mol. The molecule has 1 aliphatic carbocycles. The molecule has 2 aromatic rings. The van der Waals surface area contributed by atoms with E-state index in [0.29, 0.717) is 12.4 Å². The van der Waals surface area contributed by atoms with Crippen molar-refractivity contribution in [1.82, 2.24) is 0 Å². The van der Waals surface area contributed by atoms with E-state index in [0.717, 1.165) is 30.5 Å². The quantitative estimate of drug-likeness (QED) is 0.635. The number of halogens is 1. The minimum Gasteiger partial charge on any atom is -0.489 e. The lowest BCUT2D eigenvalue weighted by Crippen LogP contribution is -1.98. The average Bonchev–Trinajstić information content (AvgIpc) is 2.92. The zero-order valence-corrected chi connectivity index (χ0v) is 11.3. The van der Waals surface area contributed by atoms with Crippen LogP contribution in [0.5, 0.6) is 5.75 Å². The molecule has 4 nitrogen and oxygen atoms in total. The molecule has 108 valence electrons. The molecular weight excluding hydrogens is 273 g/mol. The third kappa shape index (κ3) is 2.86. The van der Waals surface area contributed by atoms with Gasteiger partial charge in [-0.25, -0.2) is 0 Å². The monoisotopic (exact) mass is 287 g/mol. The molecule has 0 aromatic heterocycles. The van der Waals surface area contributed by atoms with Gasteiger partial charge in [-0.1, -0.05) is 18.2 Å². The minimum absolute atomic E-state index is 0.290. The fourth-order valence-corrected chi connectivity index (χ4v) is 2.61. The summed E-state index contributed by atoms with van der Waals surface area (Å²) in [6.45, 7) is 0.324. The molecule has 0 aliphatic heterocycles. The van der Waals surface area contributed by atoms with Crippen LogP contribution in [0.15, 0.2) is 36.4 Å². The fourth-order valence-electron chi connectivity index (χ4n) is 2.61. The molecule has 1 aliphatic rings. The van der Waals surface area contributed by atoms with E-state index in [1.807, 2.05) is 6.07 Å². The highest BCUT2D eigenvalue weighted by Crippen LogP contribution is 2.25. The van der Waals surface area contributed by atoms with Crippen molar-refractivity contribution in [3.05, 3.63) is 69.0 Å². The number of rotatable bonds is 4. The molecule has 0 heterocycles. The Labute approximate surface area is 121 Å². The van der Waals surface area contributed by atoms with Crippen LogP contribution in [0, 0.1) is 15.9 Å². The largest absolute Gasteiger partial charge is 0.489 e. The third-order valence-electron chi connectivity index (χ3n) is 3.68. The molecule has 2 aromatic carbocycles. The first-order valence-electron chi connectivity index (χ1n) is 6.81. The predicted octanol–water partition coefficient (Wildman–Crippen LogP) is 3.80. The lowest BCUT2D eigenvalue weighted by molar-refractivity contribution is -0.387. The number of hydrogen-bond donors (Lipinski definition) is 0. The maximum absolute atomic E-state index is 13.5. The summed E-state index contributed by atoms with van der Waals surface area (Å²) in [5, 5.41) is 10.5. The van der Waals surface area contributed by atoms with Gasteiger partial charge in [-0.2, -0.15) is 4.39 Å². The van der Waals surface area contributed by atoms with E-state index in [4.69, 9.17) is 4.74 Å². The molecule has 0 saturated carbocycles. The lowest BCUT2D eigenvalue weighted by Gasteiger charge is -2.08. The molecule has 0 amide bonds. The van der Waals surface area contributed by atoms with Gasteiger partial charge in [0.05, 0.1) is 4.92 Å². The van der Waals surface area contributed by atoms with Gasteiger partial charge in [0.15, 0.2) is 0 Å². The number of nitro groups is 1. The second-order valence-electron chi connectivity index (χ2n) is 5.12. The summed E-state index contributed by atoms with van der Waals surface area (Å²) < 4.78 is 19.0. The molecule has 3 rings (SSSR count). The van der Waals surface area contributed by atoms with Crippen molar-refractivity contribution in [2.45, 2.75) is 25.9 Å². The number of fused-ring (bicyclic) bond motifs is 1. The highest BCUT2D eigenvalue weighted by atomic mass is 19.1. The van der Waals surface area contributed by atoms with Crippen LogP contribution in [-0.2, 0) is 19.4 Å². The van der Waals surface area contributed by atoms with Crippen molar-refractivity contribution in [3.63, 3.8) is 0 Å². The second-order valence-corrected chi connectivity index (χ2v) is 5.12. The van der Waals surface area contributed by atoms with E-state index in [2.05, 4.69) is 12.1 Å². The number of hydrogen-bond acceptors (Lipinski definition) is 3. The number of nitrogens with zero attached hydrogens (tertiary/aromatic N) is 1. The van der Waals surface area contributed by atoms with Crippen LogP contribution in [0.4, 0.5) is 10.1 Å². The van der Waals surface area contributed by atoms with Gasteiger partial charge in [0.25, 0.3) is 0 Å². The Morgan fingerprint density at radius 3 is 2.71 bits per heavy atom. The van der Waals surface area contributed by atoms with Crippen LogP contribution in [0.2, 0.25) is 0 Å². The van der Waals surface area contributed by atoms with E-state index in [1.54, 1.807) is 0 Å². The fraction of sp³-hybridized carbons (Fsp3) is 0.250. The predicted molar refractivity (Wildman–Crippen MR) is 75.9 cm³/mol. The molecule has 0 radical (unpaired) electrons. The Kier molecular flexibility index (Phi) is 3.56. The summed E-state index contributed by atoms with van der Waals surface area (Å²) in [7, 11) is 0. The molecule has 0 atom stereocenters. The maximum Gasteiger partial charge on any atom is 0.305 e. The highest BCUT2D eigenvalue weighted by Gasteiger charge is 2.15.